The first-order valence-electron chi connectivity index (χ1n) is 8.91. The van der Waals surface area contributed by atoms with Crippen LogP contribution in [0.2, 0.25) is 0 Å². The molecule has 1 aliphatic heterocycles. The van der Waals surface area contributed by atoms with E-state index in [1.54, 1.807) is 18.0 Å². The Hall–Kier alpha value is -3.09. The van der Waals surface area contributed by atoms with Crippen LogP contribution in [0.15, 0.2) is 29.4 Å². The summed E-state index contributed by atoms with van der Waals surface area (Å²) in [6.45, 7) is 3.37. The highest BCUT2D eigenvalue weighted by Crippen LogP contribution is 2.26. The van der Waals surface area contributed by atoms with Crippen LogP contribution in [0.1, 0.15) is 39.8 Å². The summed E-state index contributed by atoms with van der Waals surface area (Å²) in [5.74, 6) is 0.0478. The number of nitrogen functional groups attached to an aromatic ring is 1. The van der Waals surface area contributed by atoms with E-state index >= 15 is 0 Å². The van der Waals surface area contributed by atoms with E-state index in [1.807, 2.05) is 47.9 Å². The molecule has 0 atom stereocenters. The van der Waals surface area contributed by atoms with E-state index < -0.39 is 0 Å². The van der Waals surface area contributed by atoms with Crippen LogP contribution >= 0.6 is 0 Å². The molecule has 0 bridgehead atoms. The van der Waals surface area contributed by atoms with Crippen molar-refractivity contribution >= 4 is 24.1 Å². The number of rotatable bonds is 5. The molecule has 1 aliphatic rings. The predicted octanol–water partition coefficient (Wildman–Crippen LogP) is 1.79. The SMILES string of the molecule is CC(=O)N1CCc2c(/C=N\N(C)Cc3cccc(N)c3)c(C=O)n(C)c2C1. The molecule has 0 radical (unpaired) electrons. The molecule has 0 fully saturated rings. The molecule has 1 aromatic carbocycles. The molecule has 0 unspecified atom stereocenters. The van der Waals surface area contributed by atoms with Gasteiger partial charge in [0, 0.05) is 44.5 Å². The summed E-state index contributed by atoms with van der Waals surface area (Å²) in [6.07, 6.45) is 3.32. The number of nitrogens with two attached hydrogens (primary N) is 1. The van der Waals surface area contributed by atoms with Crippen molar-refractivity contribution in [1.82, 2.24) is 14.5 Å². The molecule has 7 nitrogen and oxygen atoms in total. The van der Waals surface area contributed by atoms with Crippen molar-refractivity contribution in [1.29, 1.82) is 0 Å². The maximum absolute atomic E-state index is 11.7. The van der Waals surface area contributed by atoms with Crippen LogP contribution in [-0.2, 0) is 31.4 Å². The summed E-state index contributed by atoms with van der Waals surface area (Å²) in [5.41, 5.74) is 11.1. The summed E-state index contributed by atoms with van der Waals surface area (Å²) in [6, 6.07) is 7.69. The quantitative estimate of drug-likeness (QED) is 0.378. The van der Waals surface area contributed by atoms with Gasteiger partial charge in [0.25, 0.3) is 0 Å². The third-order valence-corrected chi connectivity index (χ3v) is 4.99. The third-order valence-electron chi connectivity index (χ3n) is 4.99. The average Bonchev–Trinajstić information content (AvgIpc) is 2.90. The van der Waals surface area contributed by atoms with Crippen LogP contribution < -0.4 is 5.73 Å². The number of fused-ring (bicyclic) bond motifs is 1. The molecule has 3 rings (SSSR count). The first-order chi connectivity index (χ1) is 12.9. The first kappa shape index (κ1) is 18.7. The summed E-state index contributed by atoms with van der Waals surface area (Å²) in [4.78, 5) is 25.2. The number of amides is 1. The molecule has 27 heavy (non-hydrogen) atoms. The number of aromatic nitrogens is 1. The minimum atomic E-state index is 0.0478. The average molecular weight is 367 g/mol. The molecule has 2 N–H and O–H groups in total. The van der Waals surface area contributed by atoms with Gasteiger partial charge in [0.15, 0.2) is 6.29 Å². The second-order valence-corrected chi connectivity index (χ2v) is 6.90. The zero-order valence-electron chi connectivity index (χ0n) is 16.0. The lowest BCUT2D eigenvalue weighted by atomic mass is 10.0. The molecular formula is C20H25N5O2. The van der Waals surface area contributed by atoms with E-state index in [2.05, 4.69) is 5.10 Å². The predicted molar refractivity (Wildman–Crippen MR) is 106 cm³/mol. The van der Waals surface area contributed by atoms with E-state index in [9.17, 15) is 9.59 Å². The van der Waals surface area contributed by atoms with Crippen LogP contribution in [-0.4, -0.2) is 46.5 Å². The van der Waals surface area contributed by atoms with Crippen molar-refractivity contribution in [3.05, 3.63) is 52.3 Å². The Morgan fingerprint density at radius 2 is 2.19 bits per heavy atom. The minimum absolute atomic E-state index is 0.0478. The van der Waals surface area contributed by atoms with Gasteiger partial charge in [-0.3, -0.25) is 14.6 Å². The highest BCUT2D eigenvalue weighted by Gasteiger charge is 2.26. The highest BCUT2D eigenvalue weighted by atomic mass is 16.2. The van der Waals surface area contributed by atoms with Gasteiger partial charge in [0.05, 0.1) is 25.0 Å². The monoisotopic (exact) mass is 367 g/mol. The van der Waals surface area contributed by atoms with Gasteiger partial charge in [-0.15, -0.1) is 0 Å². The van der Waals surface area contributed by atoms with Gasteiger partial charge < -0.3 is 15.2 Å². The van der Waals surface area contributed by atoms with Gasteiger partial charge in [-0.05, 0) is 29.7 Å². The first-order valence-corrected chi connectivity index (χ1v) is 8.91. The van der Waals surface area contributed by atoms with E-state index in [0.717, 1.165) is 40.8 Å². The molecule has 7 heteroatoms. The highest BCUT2D eigenvalue weighted by molar-refractivity contribution is 5.94. The molecule has 0 saturated carbocycles. The Bertz CT molecular complexity index is 900. The fourth-order valence-corrected chi connectivity index (χ4v) is 3.53. The van der Waals surface area contributed by atoms with Gasteiger partial charge in [-0.25, -0.2) is 0 Å². The lowest BCUT2D eigenvalue weighted by Gasteiger charge is -2.27. The maximum atomic E-state index is 11.7. The maximum Gasteiger partial charge on any atom is 0.219 e. The molecule has 1 amide bonds. The Kier molecular flexibility index (Phi) is 5.30. The van der Waals surface area contributed by atoms with Crippen LogP contribution in [0.5, 0.6) is 0 Å². The van der Waals surface area contributed by atoms with E-state index in [4.69, 9.17) is 5.73 Å². The van der Waals surface area contributed by atoms with Crippen molar-refractivity contribution in [2.75, 3.05) is 19.3 Å². The van der Waals surface area contributed by atoms with Crippen molar-refractivity contribution in [2.24, 2.45) is 12.1 Å². The lowest BCUT2D eigenvalue weighted by molar-refractivity contribution is -0.129. The number of hydrogen-bond acceptors (Lipinski definition) is 5. The molecule has 0 spiro atoms. The number of carbonyl (C=O) groups is 2. The van der Waals surface area contributed by atoms with Crippen LogP contribution in [0, 0.1) is 0 Å². The fourth-order valence-electron chi connectivity index (χ4n) is 3.53. The largest absolute Gasteiger partial charge is 0.399 e. The topological polar surface area (TPSA) is 83.9 Å². The van der Waals surface area contributed by atoms with Crippen molar-refractivity contribution in [2.45, 2.75) is 26.4 Å². The number of hydrazone groups is 1. The van der Waals surface area contributed by atoms with E-state index in [-0.39, 0.29) is 5.91 Å². The lowest BCUT2D eigenvalue weighted by Crippen LogP contribution is -2.35. The van der Waals surface area contributed by atoms with E-state index in [0.29, 0.717) is 25.3 Å². The molecule has 0 aliphatic carbocycles. The molecule has 1 aromatic heterocycles. The normalized spacial score (nSPS) is 13.7. The fraction of sp³-hybridized carbons (Fsp3) is 0.350. The summed E-state index contributed by atoms with van der Waals surface area (Å²) in [5, 5.41) is 6.33. The van der Waals surface area contributed by atoms with Crippen LogP contribution in [0.25, 0.3) is 0 Å². The number of nitrogens with zero attached hydrogens (tertiary/aromatic N) is 4. The summed E-state index contributed by atoms with van der Waals surface area (Å²) < 4.78 is 1.87. The Morgan fingerprint density at radius 1 is 1.41 bits per heavy atom. The van der Waals surface area contributed by atoms with Crippen LogP contribution in [0.4, 0.5) is 5.69 Å². The second-order valence-electron chi connectivity index (χ2n) is 6.90. The Morgan fingerprint density at radius 3 is 2.85 bits per heavy atom. The molecule has 0 saturated heterocycles. The number of benzene rings is 1. The van der Waals surface area contributed by atoms with Gasteiger partial charge in [-0.2, -0.15) is 5.10 Å². The second kappa shape index (κ2) is 7.65. The van der Waals surface area contributed by atoms with Crippen molar-refractivity contribution in [3.8, 4) is 0 Å². The molecule has 2 aromatic rings. The van der Waals surface area contributed by atoms with Gasteiger partial charge >= 0.3 is 0 Å². The van der Waals surface area contributed by atoms with Gasteiger partial charge in [-0.1, -0.05) is 12.1 Å². The smallest absolute Gasteiger partial charge is 0.219 e. The Labute approximate surface area is 159 Å². The summed E-state index contributed by atoms with van der Waals surface area (Å²) >= 11 is 0. The van der Waals surface area contributed by atoms with Gasteiger partial charge in [0.1, 0.15) is 0 Å². The van der Waals surface area contributed by atoms with Gasteiger partial charge in [0.2, 0.25) is 5.91 Å². The molecular weight excluding hydrogens is 342 g/mol. The van der Waals surface area contributed by atoms with Crippen LogP contribution in [0.3, 0.4) is 0 Å². The minimum Gasteiger partial charge on any atom is -0.399 e. The third kappa shape index (κ3) is 3.86. The molecule has 142 valence electrons. The Balaban J connectivity index is 1.84. The molecule has 2 heterocycles. The summed E-state index contributed by atoms with van der Waals surface area (Å²) in [7, 11) is 3.74. The van der Waals surface area contributed by atoms with E-state index in [1.165, 1.54) is 0 Å². The number of aldehydes is 1. The number of hydrogen-bond donors (Lipinski definition) is 1. The number of carbonyl (C=O) groups excluding carboxylic acids is 2. The van der Waals surface area contributed by atoms with Crippen molar-refractivity contribution < 1.29 is 9.59 Å². The zero-order valence-corrected chi connectivity index (χ0v) is 16.0. The van der Waals surface area contributed by atoms with Crippen molar-refractivity contribution in [3.63, 3.8) is 0 Å². The zero-order chi connectivity index (χ0) is 19.6. The number of anilines is 1. The standard InChI is InChI=1S/C20H25N5O2/c1-14(27)25-8-7-17-18(20(13-26)24(3)19(17)12-25)10-22-23(2)11-15-5-4-6-16(21)9-15/h4-6,9-10,13H,7-8,11-12,21H2,1-3H3/b22-10-.